The maximum absolute atomic E-state index is 12.0. The number of hydrogen-bond donors (Lipinski definition) is 2. The van der Waals surface area contributed by atoms with Crippen LogP contribution in [0.4, 0.5) is 4.79 Å². The van der Waals surface area contributed by atoms with Gasteiger partial charge in [0.25, 0.3) is 0 Å². The monoisotopic (exact) mass is 334 g/mol. The Hall–Kier alpha value is -1.59. The first-order chi connectivity index (χ1) is 11.3. The van der Waals surface area contributed by atoms with E-state index in [-0.39, 0.29) is 6.09 Å². The first-order valence-electron chi connectivity index (χ1n) is 8.72. The summed E-state index contributed by atoms with van der Waals surface area (Å²) in [7, 11) is 0. The third kappa shape index (κ3) is 6.13. The maximum Gasteiger partial charge on any atom is 0.410 e. The minimum Gasteiger partial charge on any atom is -0.444 e. The molecule has 1 fully saturated rings. The number of carbonyl (C=O) groups is 1. The Morgan fingerprint density at radius 1 is 1.25 bits per heavy atom. The van der Waals surface area contributed by atoms with E-state index in [0.29, 0.717) is 32.5 Å². The van der Waals surface area contributed by atoms with Crippen LogP contribution in [0.1, 0.15) is 39.2 Å². The van der Waals surface area contributed by atoms with Gasteiger partial charge in [0.05, 0.1) is 5.60 Å². The molecular weight excluding hydrogens is 304 g/mol. The molecule has 24 heavy (non-hydrogen) atoms. The van der Waals surface area contributed by atoms with Crippen molar-refractivity contribution in [3.05, 3.63) is 35.9 Å². The highest BCUT2D eigenvalue weighted by molar-refractivity contribution is 5.68. The van der Waals surface area contributed by atoms with Gasteiger partial charge >= 0.3 is 6.09 Å². The molecule has 0 aliphatic carbocycles. The number of rotatable bonds is 5. The number of nitrogens with one attached hydrogen (secondary N) is 1. The Kier molecular flexibility index (Phi) is 6.24. The van der Waals surface area contributed by atoms with Crippen molar-refractivity contribution in [1.29, 1.82) is 0 Å². The molecule has 1 aliphatic rings. The zero-order valence-corrected chi connectivity index (χ0v) is 15.0. The summed E-state index contributed by atoms with van der Waals surface area (Å²) < 4.78 is 5.38. The summed E-state index contributed by atoms with van der Waals surface area (Å²) in [5.74, 6) is 0. The van der Waals surface area contributed by atoms with Gasteiger partial charge in [-0.1, -0.05) is 30.3 Å². The quantitative estimate of drug-likeness (QED) is 0.813. The fraction of sp³-hybridized carbons (Fsp3) is 0.632. The number of piperidine rings is 1. The SMILES string of the molecule is CC(C)(C)OC(=O)N1CCC(O)(CNCCc2ccccc2)CC1. The van der Waals surface area contributed by atoms with Crippen LogP contribution >= 0.6 is 0 Å². The van der Waals surface area contributed by atoms with Crippen LogP contribution in [0, 0.1) is 0 Å². The van der Waals surface area contributed by atoms with Crippen LogP contribution in [-0.4, -0.2) is 53.5 Å². The molecule has 1 heterocycles. The minimum absolute atomic E-state index is 0.290. The molecule has 0 atom stereocenters. The average molecular weight is 334 g/mol. The first-order valence-corrected chi connectivity index (χ1v) is 8.72. The molecule has 5 nitrogen and oxygen atoms in total. The number of aliphatic hydroxyl groups is 1. The zero-order chi connectivity index (χ0) is 17.6. The summed E-state index contributed by atoms with van der Waals surface area (Å²) in [6.45, 7) is 8.05. The van der Waals surface area contributed by atoms with E-state index >= 15 is 0 Å². The number of amides is 1. The summed E-state index contributed by atoms with van der Waals surface area (Å²) in [4.78, 5) is 13.7. The maximum atomic E-state index is 12.0. The third-order valence-corrected chi connectivity index (χ3v) is 4.23. The topological polar surface area (TPSA) is 61.8 Å². The van der Waals surface area contributed by atoms with Crippen LogP contribution < -0.4 is 5.32 Å². The van der Waals surface area contributed by atoms with Crippen LogP contribution in [0.5, 0.6) is 0 Å². The second kappa shape index (κ2) is 7.99. The molecule has 0 spiro atoms. The van der Waals surface area contributed by atoms with E-state index < -0.39 is 11.2 Å². The Balaban J connectivity index is 1.69. The van der Waals surface area contributed by atoms with Crippen molar-refractivity contribution >= 4 is 6.09 Å². The molecule has 0 saturated carbocycles. The van der Waals surface area contributed by atoms with E-state index in [9.17, 15) is 9.90 Å². The van der Waals surface area contributed by atoms with Gasteiger partial charge in [0.2, 0.25) is 0 Å². The third-order valence-electron chi connectivity index (χ3n) is 4.23. The smallest absolute Gasteiger partial charge is 0.410 e. The van der Waals surface area contributed by atoms with Crippen molar-refractivity contribution in [2.45, 2.75) is 51.2 Å². The number of likely N-dealkylation sites (tertiary alicyclic amines) is 1. The zero-order valence-electron chi connectivity index (χ0n) is 15.0. The van der Waals surface area contributed by atoms with Gasteiger partial charge in [-0.2, -0.15) is 0 Å². The summed E-state index contributed by atoms with van der Waals surface area (Å²) in [6.07, 6.45) is 1.80. The van der Waals surface area contributed by atoms with Gasteiger partial charge in [0.1, 0.15) is 5.60 Å². The predicted molar refractivity (Wildman–Crippen MR) is 95.0 cm³/mol. The Bertz CT molecular complexity index is 517. The summed E-state index contributed by atoms with van der Waals surface area (Å²) in [5, 5.41) is 14.0. The van der Waals surface area contributed by atoms with E-state index in [0.717, 1.165) is 13.0 Å². The first kappa shape index (κ1) is 18.7. The Morgan fingerprint density at radius 3 is 2.46 bits per heavy atom. The lowest BCUT2D eigenvalue weighted by Gasteiger charge is -2.38. The van der Waals surface area contributed by atoms with E-state index in [1.54, 1.807) is 4.90 Å². The molecule has 1 aromatic rings. The van der Waals surface area contributed by atoms with Crippen LogP contribution in [0.25, 0.3) is 0 Å². The van der Waals surface area contributed by atoms with E-state index in [2.05, 4.69) is 17.4 Å². The normalized spacial score (nSPS) is 17.6. The Morgan fingerprint density at radius 2 is 1.88 bits per heavy atom. The molecule has 2 N–H and O–H groups in total. The van der Waals surface area contributed by atoms with Gasteiger partial charge in [-0.25, -0.2) is 4.79 Å². The van der Waals surface area contributed by atoms with Crippen LogP contribution in [0.15, 0.2) is 30.3 Å². The lowest BCUT2D eigenvalue weighted by atomic mass is 9.91. The molecule has 1 aromatic carbocycles. The highest BCUT2D eigenvalue weighted by Gasteiger charge is 2.34. The van der Waals surface area contributed by atoms with Gasteiger partial charge in [-0.15, -0.1) is 0 Å². The minimum atomic E-state index is -0.741. The van der Waals surface area contributed by atoms with E-state index in [4.69, 9.17) is 4.74 Å². The second-order valence-corrected chi connectivity index (χ2v) is 7.60. The van der Waals surface area contributed by atoms with Crippen LogP contribution in [0.3, 0.4) is 0 Å². The summed E-state index contributed by atoms with van der Waals surface area (Å²) >= 11 is 0. The molecule has 5 heteroatoms. The van der Waals surface area contributed by atoms with E-state index in [1.807, 2.05) is 39.0 Å². The molecule has 1 amide bonds. The number of nitrogens with zero attached hydrogens (tertiary/aromatic N) is 1. The molecule has 1 aliphatic heterocycles. The van der Waals surface area contributed by atoms with Crippen molar-refractivity contribution in [1.82, 2.24) is 10.2 Å². The number of benzene rings is 1. The van der Waals surface area contributed by atoms with Gasteiger partial charge in [-0.05, 0) is 52.1 Å². The fourth-order valence-corrected chi connectivity index (χ4v) is 2.81. The lowest BCUT2D eigenvalue weighted by molar-refractivity contribution is -0.0307. The summed E-state index contributed by atoms with van der Waals surface area (Å²) in [5.41, 5.74) is 0.0655. The fourth-order valence-electron chi connectivity index (χ4n) is 2.81. The number of ether oxygens (including phenoxy) is 1. The lowest BCUT2D eigenvalue weighted by Crippen LogP contribution is -2.52. The summed E-state index contributed by atoms with van der Waals surface area (Å²) in [6, 6.07) is 10.3. The van der Waals surface area contributed by atoms with Crippen molar-refractivity contribution in [3.63, 3.8) is 0 Å². The molecule has 2 rings (SSSR count). The second-order valence-electron chi connectivity index (χ2n) is 7.60. The van der Waals surface area contributed by atoms with Gasteiger partial charge in [-0.3, -0.25) is 0 Å². The highest BCUT2D eigenvalue weighted by Crippen LogP contribution is 2.23. The van der Waals surface area contributed by atoms with Gasteiger partial charge in [0.15, 0.2) is 0 Å². The van der Waals surface area contributed by atoms with Gasteiger partial charge < -0.3 is 20.1 Å². The van der Waals surface area contributed by atoms with Gasteiger partial charge in [0, 0.05) is 19.6 Å². The van der Waals surface area contributed by atoms with Crippen molar-refractivity contribution in [3.8, 4) is 0 Å². The van der Waals surface area contributed by atoms with Crippen molar-refractivity contribution < 1.29 is 14.6 Å². The van der Waals surface area contributed by atoms with E-state index in [1.165, 1.54) is 5.56 Å². The molecule has 0 unspecified atom stereocenters. The molecule has 0 bridgehead atoms. The average Bonchev–Trinajstić information content (AvgIpc) is 2.52. The predicted octanol–water partition coefficient (Wildman–Crippen LogP) is 2.58. The highest BCUT2D eigenvalue weighted by atomic mass is 16.6. The van der Waals surface area contributed by atoms with Crippen molar-refractivity contribution in [2.24, 2.45) is 0 Å². The number of carbonyl (C=O) groups excluding carboxylic acids is 1. The largest absolute Gasteiger partial charge is 0.444 e. The molecular formula is C19H30N2O3. The Labute approximate surface area is 145 Å². The van der Waals surface area contributed by atoms with Crippen LogP contribution in [0.2, 0.25) is 0 Å². The molecule has 1 saturated heterocycles. The van der Waals surface area contributed by atoms with Crippen LogP contribution in [-0.2, 0) is 11.2 Å². The standard InChI is InChI=1S/C19H30N2O3/c1-18(2,3)24-17(22)21-13-10-19(23,11-14-21)15-20-12-9-16-7-5-4-6-8-16/h4-8,20,23H,9-15H2,1-3H3. The molecule has 0 radical (unpaired) electrons. The molecule has 134 valence electrons. The van der Waals surface area contributed by atoms with Crippen molar-refractivity contribution in [2.75, 3.05) is 26.2 Å². The number of hydrogen-bond acceptors (Lipinski definition) is 4. The molecule has 0 aromatic heterocycles.